The van der Waals surface area contributed by atoms with E-state index in [4.69, 9.17) is 0 Å². The molecule has 3 nitrogen and oxygen atoms in total. The van der Waals surface area contributed by atoms with Crippen LogP contribution in [0.5, 0.6) is 0 Å². The molecule has 0 atom stereocenters. The fraction of sp³-hybridized carbons (Fsp3) is 0.500. The van der Waals surface area contributed by atoms with Crippen LogP contribution in [-0.4, -0.2) is 29.7 Å². The highest BCUT2D eigenvalue weighted by Crippen LogP contribution is 2.18. The number of carbonyl (C=O) groups is 2. The molecule has 0 bridgehead atoms. The fourth-order valence-electron chi connectivity index (χ4n) is 2.54. The topological polar surface area (TPSA) is 37.4 Å². The summed E-state index contributed by atoms with van der Waals surface area (Å²) in [5.74, 6) is 0.403. The number of Topliss-reactive ketones (excluding diaryl/α,β-unsaturated/α-hetero) is 1. The summed E-state index contributed by atoms with van der Waals surface area (Å²) in [6, 6.07) is 7.85. The molecule has 1 aliphatic rings. The molecule has 0 saturated heterocycles. The van der Waals surface area contributed by atoms with Crippen LogP contribution in [0.1, 0.15) is 48.5 Å². The third-order valence-electron chi connectivity index (χ3n) is 3.69. The van der Waals surface area contributed by atoms with Crippen LogP contribution in [0.2, 0.25) is 0 Å². The van der Waals surface area contributed by atoms with Gasteiger partial charge in [0, 0.05) is 31.5 Å². The van der Waals surface area contributed by atoms with Gasteiger partial charge in [-0.1, -0.05) is 25.1 Å². The standard InChI is InChI=1S/C16H21NO2/c1-2-14(18)9-6-12-17-11-5-8-13-7-3-4-10-15(13)16(17)19/h3-4,7,10H,2,5-6,8-9,11-12H2,1H3. The first-order chi connectivity index (χ1) is 9.22. The van der Waals surface area contributed by atoms with Gasteiger partial charge in [-0.25, -0.2) is 0 Å². The molecule has 102 valence electrons. The minimum Gasteiger partial charge on any atom is -0.339 e. The van der Waals surface area contributed by atoms with Crippen LogP contribution in [0.15, 0.2) is 24.3 Å². The van der Waals surface area contributed by atoms with E-state index in [1.165, 1.54) is 0 Å². The van der Waals surface area contributed by atoms with Gasteiger partial charge in [-0.05, 0) is 30.9 Å². The third-order valence-corrected chi connectivity index (χ3v) is 3.69. The van der Waals surface area contributed by atoms with Gasteiger partial charge in [0.25, 0.3) is 5.91 Å². The average Bonchev–Trinajstić information content (AvgIpc) is 2.59. The fourth-order valence-corrected chi connectivity index (χ4v) is 2.54. The zero-order valence-electron chi connectivity index (χ0n) is 11.5. The van der Waals surface area contributed by atoms with E-state index >= 15 is 0 Å². The molecule has 0 aromatic heterocycles. The minimum absolute atomic E-state index is 0.122. The molecule has 0 aliphatic carbocycles. The van der Waals surface area contributed by atoms with Crippen LogP contribution in [-0.2, 0) is 11.2 Å². The second kappa shape index (κ2) is 6.50. The van der Waals surface area contributed by atoms with E-state index in [1.807, 2.05) is 36.1 Å². The molecule has 1 aromatic carbocycles. The molecule has 19 heavy (non-hydrogen) atoms. The first-order valence-corrected chi connectivity index (χ1v) is 7.11. The SMILES string of the molecule is CCC(=O)CCCN1CCCc2ccccc2C1=O. The van der Waals surface area contributed by atoms with Crippen LogP contribution in [0.25, 0.3) is 0 Å². The number of ketones is 1. The number of amides is 1. The first-order valence-electron chi connectivity index (χ1n) is 7.11. The van der Waals surface area contributed by atoms with E-state index in [-0.39, 0.29) is 11.7 Å². The van der Waals surface area contributed by atoms with E-state index in [9.17, 15) is 9.59 Å². The van der Waals surface area contributed by atoms with Crippen LogP contribution >= 0.6 is 0 Å². The molecule has 1 heterocycles. The van der Waals surface area contributed by atoms with Crippen LogP contribution < -0.4 is 0 Å². The van der Waals surface area contributed by atoms with Crippen LogP contribution in [0.3, 0.4) is 0 Å². The number of carbonyl (C=O) groups excluding carboxylic acids is 2. The third kappa shape index (κ3) is 3.43. The van der Waals surface area contributed by atoms with Gasteiger partial charge in [0.1, 0.15) is 5.78 Å². The van der Waals surface area contributed by atoms with E-state index in [0.29, 0.717) is 19.4 Å². The van der Waals surface area contributed by atoms with Gasteiger partial charge in [-0.2, -0.15) is 0 Å². The van der Waals surface area contributed by atoms with Crippen molar-refractivity contribution < 1.29 is 9.59 Å². The predicted molar refractivity (Wildman–Crippen MR) is 75.2 cm³/mol. The highest BCUT2D eigenvalue weighted by atomic mass is 16.2. The first kappa shape index (κ1) is 13.8. The van der Waals surface area contributed by atoms with Gasteiger partial charge in [-0.3, -0.25) is 9.59 Å². The molecule has 0 spiro atoms. The number of nitrogens with zero attached hydrogens (tertiary/aromatic N) is 1. The number of hydrogen-bond donors (Lipinski definition) is 0. The van der Waals surface area contributed by atoms with Crippen molar-refractivity contribution in [3.63, 3.8) is 0 Å². The molecule has 2 rings (SSSR count). The second-order valence-corrected chi connectivity index (χ2v) is 5.05. The Labute approximate surface area is 114 Å². The Kier molecular flexibility index (Phi) is 4.72. The molecular weight excluding hydrogens is 238 g/mol. The van der Waals surface area contributed by atoms with Crippen LogP contribution in [0, 0.1) is 0 Å². The quantitative estimate of drug-likeness (QED) is 0.815. The van der Waals surface area contributed by atoms with Crippen LogP contribution in [0.4, 0.5) is 0 Å². The lowest BCUT2D eigenvalue weighted by Gasteiger charge is -2.20. The van der Waals surface area contributed by atoms with Crippen molar-refractivity contribution in [3.8, 4) is 0 Å². The zero-order valence-corrected chi connectivity index (χ0v) is 11.5. The van der Waals surface area contributed by atoms with Crippen molar-refractivity contribution >= 4 is 11.7 Å². The van der Waals surface area contributed by atoms with Crippen molar-refractivity contribution in [2.75, 3.05) is 13.1 Å². The summed E-state index contributed by atoms with van der Waals surface area (Å²) in [6.07, 6.45) is 3.93. The summed E-state index contributed by atoms with van der Waals surface area (Å²) in [5, 5.41) is 0. The Morgan fingerprint density at radius 3 is 2.89 bits per heavy atom. The van der Waals surface area contributed by atoms with E-state index < -0.39 is 0 Å². The molecule has 0 unspecified atom stereocenters. The predicted octanol–water partition coefficient (Wildman–Crippen LogP) is 2.83. The van der Waals surface area contributed by atoms with Gasteiger partial charge in [0.15, 0.2) is 0 Å². The molecule has 0 N–H and O–H groups in total. The molecule has 1 aliphatic heterocycles. The average molecular weight is 259 g/mol. The highest BCUT2D eigenvalue weighted by Gasteiger charge is 2.21. The van der Waals surface area contributed by atoms with Gasteiger partial charge >= 0.3 is 0 Å². The normalized spacial score (nSPS) is 15.0. The van der Waals surface area contributed by atoms with E-state index in [2.05, 4.69) is 0 Å². The lowest BCUT2D eigenvalue weighted by Crippen LogP contribution is -2.32. The summed E-state index contributed by atoms with van der Waals surface area (Å²) >= 11 is 0. The smallest absolute Gasteiger partial charge is 0.254 e. The van der Waals surface area contributed by atoms with Gasteiger partial charge in [0.05, 0.1) is 0 Å². The Morgan fingerprint density at radius 1 is 1.32 bits per heavy atom. The largest absolute Gasteiger partial charge is 0.339 e. The summed E-state index contributed by atoms with van der Waals surface area (Å²) in [5.41, 5.74) is 1.99. The Hall–Kier alpha value is -1.64. The van der Waals surface area contributed by atoms with Crippen molar-refractivity contribution in [2.45, 2.75) is 39.0 Å². The summed E-state index contributed by atoms with van der Waals surface area (Å²) in [7, 11) is 0. The maximum absolute atomic E-state index is 12.4. The van der Waals surface area contributed by atoms with Crippen molar-refractivity contribution in [1.82, 2.24) is 4.90 Å². The summed E-state index contributed by atoms with van der Waals surface area (Å²) < 4.78 is 0. The molecular formula is C16H21NO2. The van der Waals surface area contributed by atoms with Crippen molar-refractivity contribution in [2.24, 2.45) is 0 Å². The molecule has 3 heteroatoms. The number of fused-ring (bicyclic) bond motifs is 1. The van der Waals surface area contributed by atoms with Gasteiger partial charge < -0.3 is 4.90 Å². The van der Waals surface area contributed by atoms with Crippen molar-refractivity contribution in [1.29, 1.82) is 0 Å². The van der Waals surface area contributed by atoms with Gasteiger partial charge in [-0.15, -0.1) is 0 Å². The Bertz CT molecular complexity index is 468. The lowest BCUT2D eigenvalue weighted by atomic mass is 10.0. The summed E-state index contributed by atoms with van der Waals surface area (Å²) in [6.45, 7) is 3.38. The molecule has 1 amide bonds. The minimum atomic E-state index is 0.122. The maximum Gasteiger partial charge on any atom is 0.254 e. The number of benzene rings is 1. The van der Waals surface area contributed by atoms with Gasteiger partial charge in [0.2, 0.25) is 0 Å². The lowest BCUT2D eigenvalue weighted by molar-refractivity contribution is -0.118. The van der Waals surface area contributed by atoms with Crippen molar-refractivity contribution in [3.05, 3.63) is 35.4 Å². The Morgan fingerprint density at radius 2 is 2.11 bits per heavy atom. The highest BCUT2D eigenvalue weighted by molar-refractivity contribution is 5.96. The van der Waals surface area contributed by atoms with E-state index in [0.717, 1.165) is 36.9 Å². The molecule has 1 aromatic rings. The Balaban J connectivity index is 1.99. The maximum atomic E-state index is 12.4. The number of hydrogen-bond acceptors (Lipinski definition) is 2. The molecule has 0 radical (unpaired) electrons. The number of aryl methyl sites for hydroxylation is 1. The monoisotopic (exact) mass is 259 g/mol. The van der Waals surface area contributed by atoms with E-state index in [1.54, 1.807) is 0 Å². The molecule has 0 fully saturated rings. The molecule has 0 saturated carbocycles. The summed E-state index contributed by atoms with van der Waals surface area (Å²) in [4.78, 5) is 25.6. The zero-order chi connectivity index (χ0) is 13.7. The number of rotatable bonds is 5. The second-order valence-electron chi connectivity index (χ2n) is 5.05.